The molecule has 23 heavy (non-hydrogen) atoms. The van der Waals surface area contributed by atoms with E-state index in [9.17, 15) is 9.18 Å². The van der Waals surface area contributed by atoms with Gasteiger partial charge in [-0.1, -0.05) is 17.8 Å². The third kappa shape index (κ3) is 3.31. The largest absolute Gasteiger partial charge is 0.341 e. The lowest BCUT2D eigenvalue weighted by Crippen LogP contribution is -2.23. The van der Waals surface area contributed by atoms with Gasteiger partial charge in [-0.05, 0) is 31.5 Å². The topological polar surface area (TPSA) is 83.6 Å². The molecular weight excluding hydrogens is 317 g/mol. The molecule has 0 saturated carbocycles. The molecule has 0 saturated heterocycles. The van der Waals surface area contributed by atoms with E-state index in [1.807, 2.05) is 0 Å². The number of H-pyrrole nitrogens is 1. The number of rotatable bonds is 4. The van der Waals surface area contributed by atoms with Crippen LogP contribution in [0.1, 0.15) is 12.5 Å². The summed E-state index contributed by atoms with van der Waals surface area (Å²) in [5, 5.41) is 2.76. The average molecular weight is 331 g/mol. The highest BCUT2D eigenvalue weighted by molar-refractivity contribution is 8.00. The predicted octanol–water partition coefficient (Wildman–Crippen LogP) is 2.92. The normalized spacial score (nSPS) is 12.3. The lowest BCUT2D eigenvalue weighted by Gasteiger charge is -2.12. The van der Waals surface area contributed by atoms with E-state index in [1.165, 1.54) is 30.5 Å². The minimum absolute atomic E-state index is 0.169. The first-order valence-corrected chi connectivity index (χ1v) is 7.80. The van der Waals surface area contributed by atoms with Crippen LogP contribution in [0.5, 0.6) is 0 Å². The van der Waals surface area contributed by atoms with Crippen molar-refractivity contribution in [2.45, 2.75) is 24.1 Å². The summed E-state index contributed by atoms with van der Waals surface area (Å²) >= 11 is 1.26. The molecule has 2 aromatic heterocycles. The van der Waals surface area contributed by atoms with E-state index >= 15 is 0 Å². The van der Waals surface area contributed by atoms with Crippen LogP contribution < -0.4 is 5.32 Å². The van der Waals surface area contributed by atoms with Gasteiger partial charge in [-0.2, -0.15) is 0 Å². The van der Waals surface area contributed by atoms with Crippen LogP contribution in [-0.2, 0) is 4.79 Å². The Hall–Kier alpha value is -2.48. The number of fused-ring (bicyclic) bond motifs is 1. The van der Waals surface area contributed by atoms with Crippen LogP contribution in [-0.4, -0.2) is 31.1 Å². The number of hydrogen-bond acceptors (Lipinski definition) is 5. The summed E-state index contributed by atoms with van der Waals surface area (Å²) in [5.41, 5.74) is 2.19. The maximum atomic E-state index is 13.8. The molecule has 0 spiro atoms. The molecule has 2 heterocycles. The number of imidazole rings is 1. The first kappa shape index (κ1) is 15.4. The van der Waals surface area contributed by atoms with E-state index in [2.05, 4.69) is 25.3 Å². The number of aromatic amines is 1. The average Bonchev–Trinajstić information content (AvgIpc) is 2.99. The number of nitrogens with one attached hydrogen (secondary N) is 2. The number of amides is 1. The first-order chi connectivity index (χ1) is 11.0. The second kappa shape index (κ2) is 6.33. The van der Waals surface area contributed by atoms with Crippen molar-refractivity contribution >= 4 is 34.5 Å². The molecule has 1 atom stereocenters. The predicted molar refractivity (Wildman–Crippen MR) is 86.8 cm³/mol. The van der Waals surface area contributed by atoms with Crippen molar-refractivity contribution in [3.05, 3.63) is 42.2 Å². The molecule has 0 aliphatic rings. The molecule has 0 unspecified atom stereocenters. The second-order valence-corrected chi connectivity index (χ2v) is 6.34. The number of carbonyl (C=O) groups is 1. The second-order valence-electron chi connectivity index (χ2n) is 5.01. The van der Waals surface area contributed by atoms with E-state index < -0.39 is 11.1 Å². The Balaban J connectivity index is 1.74. The van der Waals surface area contributed by atoms with Crippen molar-refractivity contribution < 1.29 is 9.18 Å². The molecule has 6 nitrogen and oxygen atoms in total. The van der Waals surface area contributed by atoms with E-state index in [0.717, 1.165) is 5.56 Å². The quantitative estimate of drug-likeness (QED) is 0.567. The van der Waals surface area contributed by atoms with Gasteiger partial charge in [-0.25, -0.2) is 19.3 Å². The van der Waals surface area contributed by atoms with Crippen LogP contribution in [0.25, 0.3) is 11.2 Å². The number of nitrogens with zero attached hydrogens (tertiary/aromatic N) is 3. The van der Waals surface area contributed by atoms with Gasteiger partial charge >= 0.3 is 0 Å². The molecule has 0 aliphatic carbocycles. The molecule has 2 N–H and O–H groups in total. The molecule has 118 valence electrons. The summed E-state index contributed by atoms with van der Waals surface area (Å²) in [7, 11) is 0. The summed E-state index contributed by atoms with van der Waals surface area (Å²) in [6.45, 7) is 3.52. The van der Waals surface area contributed by atoms with Crippen molar-refractivity contribution in [2.75, 3.05) is 5.32 Å². The SMILES string of the molecule is Cc1ccc(NC(=O)[C@@H](C)Sc2ncnc3nc[nH]c23)c(F)c1. The van der Waals surface area contributed by atoms with Crippen molar-refractivity contribution in [3.63, 3.8) is 0 Å². The molecule has 3 aromatic rings. The van der Waals surface area contributed by atoms with E-state index in [-0.39, 0.29) is 11.6 Å². The lowest BCUT2D eigenvalue weighted by atomic mass is 10.2. The number of anilines is 1. The smallest absolute Gasteiger partial charge is 0.237 e. The van der Waals surface area contributed by atoms with Gasteiger partial charge in [0, 0.05) is 0 Å². The van der Waals surface area contributed by atoms with Crippen LogP contribution in [0.3, 0.4) is 0 Å². The minimum atomic E-state index is -0.461. The van der Waals surface area contributed by atoms with Crippen molar-refractivity contribution in [1.29, 1.82) is 0 Å². The number of aryl methyl sites for hydroxylation is 1. The summed E-state index contributed by atoms with van der Waals surface area (Å²) in [6.07, 6.45) is 2.92. The third-order valence-electron chi connectivity index (χ3n) is 3.23. The maximum Gasteiger partial charge on any atom is 0.237 e. The van der Waals surface area contributed by atoms with E-state index in [1.54, 1.807) is 26.0 Å². The lowest BCUT2D eigenvalue weighted by molar-refractivity contribution is -0.115. The van der Waals surface area contributed by atoms with Crippen LogP contribution in [0.15, 0.2) is 35.9 Å². The summed E-state index contributed by atoms with van der Waals surface area (Å²) < 4.78 is 13.8. The Bertz CT molecular complexity index is 866. The molecule has 3 rings (SSSR count). The van der Waals surface area contributed by atoms with Crippen molar-refractivity contribution in [2.24, 2.45) is 0 Å². The number of halogens is 1. The number of carbonyl (C=O) groups excluding carboxylic acids is 1. The maximum absolute atomic E-state index is 13.8. The number of benzene rings is 1. The number of thioether (sulfide) groups is 1. The number of hydrogen-bond donors (Lipinski definition) is 2. The fraction of sp³-hybridized carbons (Fsp3) is 0.200. The zero-order chi connectivity index (χ0) is 16.4. The molecule has 1 aromatic carbocycles. The zero-order valence-corrected chi connectivity index (χ0v) is 13.3. The van der Waals surface area contributed by atoms with Gasteiger partial charge < -0.3 is 10.3 Å². The fourth-order valence-electron chi connectivity index (χ4n) is 2.01. The minimum Gasteiger partial charge on any atom is -0.341 e. The van der Waals surface area contributed by atoms with Crippen molar-refractivity contribution in [1.82, 2.24) is 19.9 Å². The summed E-state index contributed by atoms with van der Waals surface area (Å²) in [5.74, 6) is -0.752. The van der Waals surface area contributed by atoms with E-state index in [0.29, 0.717) is 16.2 Å². The van der Waals surface area contributed by atoms with Gasteiger partial charge in [0.25, 0.3) is 0 Å². The molecule has 0 bridgehead atoms. The van der Waals surface area contributed by atoms with Crippen LogP contribution in [0, 0.1) is 12.7 Å². The van der Waals surface area contributed by atoms with Crippen LogP contribution in [0.4, 0.5) is 10.1 Å². The van der Waals surface area contributed by atoms with Gasteiger partial charge in [0.05, 0.1) is 17.3 Å². The highest BCUT2D eigenvalue weighted by atomic mass is 32.2. The van der Waals surface area contributed by atoms with Gasteiger partial charge in [0.15, 0.2) is 5.65 Å². The Kier molecular flexibility index (Phi) is 4.24. The van der Waals surface area contributed by atoms with Crippen LogP contribution >= 0.6 is 11.8 Å². The molecule has 1 amide bonds. The monoisotopic (exact) mass is 331 g/mol. The molecule has 0 fully saturated rings. The van der Waals surface area contributed by atoms with Gasteiger partial charge in [0.1, 0.15) is 22.7 Å². The first-order valence-electron chi connectivity index (χ1n) is 6.92. The van der Waals surface area contributed by atoms with Gasteiger partial charge in [-0.15, -0.1) is 0 Å². The molecular formula is C15H14FN5OS. The Morgan fingerprint density at radius 2 is 2.17 bits per heavy atom. The Morgan fingerprint density at radius 1 is 1.35 bits per heavy atom. The Labute approximate surface area is 135 Å². The molecule has 8 heteroatoms. The van der Waals surface area contributed by atoms with Gasteiger partial charge in [-0.3, -0.25) is 4.79 Å². The van der Waals surface area contributed by atoms with Gasteiger partial charge in [0.2, 0.25) is 5.91 Å². The summed E-state index contributed by atoms with van der Waals surface area (Å²) in [6, 6.07) is 4.68. The standard InChI is InChI=1S/C15H14FN5OS/c1-8-3-4-11(10(16)5-8)21-14(22)9(2)23-15-12-13(18-6-17-12)19-7-20-15/h3-7,9H,1-2H3,(H,21,22)(H,17,18,19,20)/t9-/m1/s1. The molecule has 0 aliphatic heterocycles. The Morgan fingerprint density at radius 3 is 2.96 bits per heavy atom. The molecule has 0 radical (unpaired) electrons. The fourth-order valence-corrected chi connectivity index (χ4v) is 2.89. The highest BCUT2D eigenvalue weighted by Gasteiger charge is 2.19. The number of aromatic nitrogens is 4. The van der Waals surface area contributed by atoms with Crippen LogP contribution in [0.2, 0.25) is 0 Å². The highest BCUT2D eigenvalue weighted by Crippen LogP contribution is 2.27. The third-order valence-corrected chi connectivity index (χ3v) is 4.33. The zero-order valence-electron chi connectivity index (χ0n) is 12.5. The summed E-state index contributed by atoms with van der Waals surface area (Å²) in [4.78, 5) is 27.4. The van der Waals surface area contributed by atoms with E-state index in [4.69, 9.17) is 0 Å². The van der Waals surface area contributed by atoms with Crippen molar-refractivity contribution in [3.8, 4) is 0 Å².